The zero-order chi connectivity index (χ0) is 13.7. The van der Waals surface area contributed by atoms with Gasteiger partial charge in [0.25, 0.3) is 0 Å². The van der Waals surface area contributed by atoms with Crippen LogP contribution in [0.1, 0.15) is 63.1 Å². The second kappa shape index (κ2) is 7.09. The van der Waals surface area contributed by atoms with Crippen molar-refractivity contribution in [2.45, 2.75) is 58.9 Å². The van der Waals surface area contributed by atoms with E-state index in [1.54, 1.807) is 0 Å². The van der Waals surface area contributed by atoms with Crippen LogP contribution in [0.3, 0.4) is 0 Å². The van der Waals surface area contributed by atoms with Crippen molar-refractivity contribution in [3.8, 4) is 0 Å². The molecule has 0 heterocycles. The Bertz CT molecular complexity index is 368. The lowest BCUT2D eigenvalue weighted by molar-refractivity contribution is 0.240. The van der Waals surface area contributed by atoms with E-state index in [0.29, 0.717) is 6.04 Å². The van der Waals surface area contributed by atoms with Gasteiger partial charge < -0.3 is 5.32 Å². The number of aryl methyl sites for hydroxylation is 1. The van der Waals surface area contributed by atoms with Crippen molar-refractivity contribution >= 4 is 0 Å². The molecule has 3 atom stereocenters. The summed E-state index contributed by atoms with van der Waals surface area (Å²) >= 11 is 0. The standard InChI is InChI=1S/C18H29N/c1-4-18(16-11-9-14(2)10-12-16)19-13-17-8-6-5-7-15(17)3/h9-12,15,17-19H,4-8,13H2,1-3H3. The Kier molecular flexibility index (Phi) is 5.45. The third-order valence-electron chi connectivity index (χ3n) is 4.80. The summed E-state index contributed by atoms with van der Waals surface area (Å²) in [6.45, 7) is 8.05. The molecule has 0 amide bonds. The molecule has 1 aliphatic rings. The minimum absolute atomic E-state index is 0.523. The van der Waals surface area contributed by atoms with Crippen molar-refractivity contribution in [2.24, 2.45) is 11.8 Å². The topological polar surface area (TPSA) is 12.0 Å². The van der Waals surface area contributed by atoms with Crippen LogP contribution in [0, 0.1) is 18.8 Å². The fraction of sp³-hybridized carbons (Fsp3) is 0.667. The van der Waals surface area contributed by atoms with Crippen molar-refractivity contribution in [1.29, 1.82) is 0 Å². The average Bonchev–Trinajstić information content (AvgIpc) is 2.43. The first-order chi connectivity index (χ1) is 9.20. The van der Waals surface area contributed by atoms with E-state index in [-0.39, 0.29) is 0 Å². The quantitative estimate of drug-likeness (QED) is 0.796. The minimum Gasteiger partial charge on any atom is -0.310 e. The summed E-state index contributed by atoms with van der Waals surface area (Å²) in [6, 6.07) is 9.53. The van der Waals surface area contributed by atoms with Gasteiger partial charge in [-0.2, -0.15) is 0 Å². The van der Waals surface area contributed by atoms with E-state index in [0.717, 1.165) is 11.8 Å². The van der Waals surface area contributed by atoms with Crippen LogP contribution in [-0.4, -0.2) is 6.54 Å². The highest BCUT2D eigenvalue weighted by atomic mass is 14.9. The molecule has 0 spiro atoms. The van der Waals surface area contributed by atoms with Crippen molar-refractivity contribution in [3.63, 3.8) is 0 Å². The van der Waals surface area contributed by atoms with Crippen LogP contribution in [0.15, 0.2) is 24.3 Å². The van der Waals surface area contributed by atoms with E-state index in [2.05, 4.69) is 50.4 Å². The molecule has 3 unspecified atom stereocenters. The van der Waals surface area contributed by atoms with Gasteiger partial charge >= 0.3 is 0 Å². The maximum Gasteiger partial charge on any atom is 0.0317 e. The SMILES string of the molecule is CCC(NCC1CCCCC1C)c1ccc(C)cc1. The molecule has 0 radical (unpaired) electrons. The first-order valence-corrected chi connectivity index (χ1v) is 8.00. The van der Waals surface area contributed by atoms with E-state index >= 15 is 0 Å². The van der Waals surface area contributed by atoms with Gasteiger partial charge in [-0.05, 0) is 43.7 Å². The number of hydrogen-bond donors (Lipinski definition) is 1. The fourth-order valence-electron chi connectivity index (χ4n) is 3.29. The average molecular weight is 259 g/mol. The van der Waals surface area contributed by atoms with Gasteiger partial charge in [0.2, 0.25) is 0 Å². The van der Waals surface area contributed by atoms with Crippen LogP contribution in [0.5, 0.6) is 0 Å². The molecule has 1 aromatic rings. The molecule has 0 saturated heterocycles. The van der Waals surface area contributed by atoms with Crippen molar-refractivity contribution < 1.29 is 0 Å². The van der Waals surface area contributed by atoms with Crippen LogP contribution in [0.4, 0.5) is 0 Å². The molecule has 106 valence electrons. The molecule has 1 heteroatoms. The second-order valence-corrected chi connectivity index (χ2v) is 6.30. The largest absolute Gasteiger partial charge is 0.310 e. The molecular weight excluding hydrogens is 230 g/mol. The summed E-state index contributed by atoms with van der Waals surface area (Å²) in [4.78, 5) is 0. The van der Waals surface area contributed by atoms with E-state index in [9.17, 15) is 0 Å². The smallest absolute Gasteiger partial charge is 0.0317 e. The minimum atomic E-state index is 0.523. The Morgan fingerprint density at radius 3 is 2.47 bits per heavy atom. The van der Waals surface area contributed by atoms with Crippen LogP contribution in [0.25, 0.3) is 0 Å². The van der Waals surface area contributed by atoms with Gasteiger partial charge in [-0.3, -0.25) is 0 Å². The molecule has 2 rings (SSSR count). The monoisotopic (exact) mass is 259 g/mol. The Hall–Kier alpha value is -0.820. The molecule has 1 aliphatic carbocycles. The van der Waals surface area contributed by atoms with Gasteiger partial charge in [0.15, 0.2) is 0 Å². The summed E-state index contributed by atoms with van der Waals surface area (Å²) in [7, 11) is 0. The van der Waals surface area contributed by atoms with E-state index in [1.165, 1.54) is 49.8 Å². The summed E-state index contributed by atoms with van der Waals surface area (Å²) < 4.78 is 0. The molecule has 1 saturated carbocycles. The predicted octanol–water partition coefficient (Wildman–Crippen LogP) is 4.86. The third kappa shape index (κ3) is 4.07. The fourth-order valence-corrected chi connectivity index (χ4v) is 3.29. The van der Waals surface area contributed by atoms with Gasteiger partial charge in [-0.1, -0.05) is 62.9 Å². The highest BCUT2D eigenvalue weighted by molar-refractivity contribution is 5.24. The third-order valence-corrected chi connectivity index (χ3v) is 4.80. The maximum absolute atomic E-state index is 3.81. The highest BCUT2D eigenvalue weighted by Gasteiger charge is 2.21. The maximum atomic E-state index is 3.81. The van der Waals surface area contributed by atoms with Gasteiger partial charge in [-0.15, -0.1) is 0 Å². The number of rotatable bonds is 5. The zero-order valence-electron chi connectivity index (χ0n) is 12.8. The van der Waals surface area contributed by atoms with E-state index in [1.807, 2.05) is 0 Å². The highest BCUT2D eigenvalue weighted by Crippen LogP contribution is 2.29. The summed E-state index contributed by atoms with van der Waals surface area (Å²) in [5.74, 6) is 1.78. The van der Waals surface area contributed by atoms with Gasteiger partial charge in [0.1, 0.15) is 0 Å². The molecular formula is C18H29N. The first kappa shape index (κ1) is 14.6. The number of benzene rings is 1. The summed E-state index contributed by atoms with van der Waals surface area (Å²) in [5, 5.41) is 3.81. The molecule has 1 N–H and O–H groups in total. The normalized spacial score (nSPS) is 25.2. The Morgan fingerprint density at radius 1 is 1.16 bits per heavy atom. The molecule has 0 aromatic heterocycles. The second-order valence-electron chi connectivity index (χ2n) is 6.30. The molecule has 0 bridgehead atoms. The predicted molar refractivity (Wildman–Crippen MR) is 83.3 cm³/mol. The lowest BCUT2D eigenvalue weighted by Gasteiger charge is -2.30. The van der Waals surface area contributed by atoms with Crippen LogP contribution < -0.4 is 5.32 Å². The van der Waals surface area contributed by atoms with E-state index in [4.69, 9.17) is 0 Å². The van der Waals surface area contributed by atoms with Crippen LogP contribution in [-0.2, 0) is 0 Å². The van der Waals surface area contributed by atoms with Gasteiger partial charge in [-0.25, -0.2) is 0 Å². The lowest BCUT2D eigenvalue weighted by Crippen LogP contribution is -2.31. The van der Waals surface area contributed by atoms with Gasteiger partial charge in [0.05, 0.1) is 0 Å². The first-order valence-electron chi connectivity index (χ1n) is 8.00. The Labute approximate surface area is 118 Å². The molecule has 19 heavy (non-hydrogen) atoms. The van der Waals surface area contributed by atoms with E-state index < -0.39 is 0 Å². The lowest BCUT2D eigenvalue weighted by atomic mass is 9.80. The number of hydrogen-bond acceptors (Lipinski definition) is 1. The molecule has 1 fully saturated rings. The summed E-state index contributed by atoms with van der Waals surface area (Å²) in [6.07, 6.45) is 6.88. The van der Waals surface area contributed by atoms with Crippen molar-refractivity contribution in [1.82, 2.24) is 5.32 Å². The molecule has 0 aliphatic heterocycles. The van der Waals surface area contributed by atoms with Crippen molar-refractivity contribution in [3.05, 3.63) is 35.4 Å². The van der Waals surface area contributed by atoms with Crippen LogP contribution >= 0.6 is 0 Å². The number of nitrogens with one attached hydrogen (secondary N) is 1. The summed E-state index contributed by atoms with van der Waals surface area (Å²) in [5.41, 5.74) is 2.79. The van der Waals surface area contributed by atoms with Crippen molar-refractivity contribution in [2.75, 3.05) is 6.54 Å². The molecule has 1 aromatic carbocycles. The zero-order valence-corrected chi connectivity index (χ0v) is 12.8. The van der Waals surface area contributed by atoms with Crippen LogP contribution in [0.2, 0.25) is 0 Å². The Balaban J connectivity index is 1.90. The van der Waals surface area contributed by atoms with Gasteiger partial charge in [0, 0.05) is 6.04 Å². The Morgan fingerprint density at radius 2 is 1.84 bits per heavy atom. The molecule has 1 nitrogen and oxygen atoms in total.